The molecule has 0 unspecified atom stereocenters. The van der Waals surface area contributed by atoms with Crippen LogP contribution in [0.1, 0.15) is 11.1 Å². The standard InChI is InChI=1S/C9H10OSi/c1-3-7-6(2)8(10)4-5-9(7)11/h1,4-5,10H,2,11H3. The summed E-state index contributed by atoms with van der Waals surface area (Å²) in [5.41, 5.74) is 1.68. The first-order valence-corrected chi connectivity index (χ1v) is 4.42. The van der Waals surface area contributed by atoms with Gasteiger partial charge < -0.3 is 5.11 Å². The number of terminal acetylenes is 1. The summed E-state index contributed by atoms with van der Waals surface area (Å²) in [6, 6.07) is 3.57. The predicted molar refractivity (Wildman–Crippen MR) is 50.4 cm³/mol. The molecule has 0 radical (unpaired) electrons. The molecule has 0 bridgehead atoms. The van der Waals surface area contributed by atoms with Crippen LogP contribution in [0.2, 0.25) is 0 Å². The minimum atomic E-state index is 0.289. The van der Waals surface area contributed by atoms with Crippen LogP contribution in [-0.4, -0.2) is 15.3 Å². The van der Waals surface area contributed by atoms with Crippen molar-refractivity contribution in [1.82, 2.24) is 0 Å². The quantitative estimate of drug-likeness (QED) is 0.409. The lowest BCUT2D eigenvalue weighted by Gasteiger charge is -2.04. The molecule has 0 saturated heterocycles. The molecule has 0 spiro atoms. The lowest BCUT2D eigenvalue weighted by molar-refractivity contribution is 0.471. The molecule has 1 aromatic carbocycles. The van der Waals surface area contributed by atoms with Gasteiger partial charge in [-0.15, -0.1) is 6.42 Å². The van der Waals surface area contributed by atoms with E-state index in [1.807, 2.05) is 13.0 Å². The van der Waals surface area contributed by atoms with E-state index < -0.39 is 0 Å². The van der Waals surface area contributed by atoms with Gasteiger partial charge in [0.25, 0.3) is 0 Å². The van der Waals surface area contributed by atoms with Gasteiger partial charge in [-0.25, -0.2) is 0 Å². The van der Waals surface area contributed by atoms with Crippen LogP contribution in [-0.2, 0) is 0 Å². The average molecular weight is 162 g/mol. The third kappa shape index (κ3) is 1.28. The van der Waals surface area contributed by atoms with Gasteiger partial charge in [0.05, 0.1) is 0 Å². The summed E-state index contributed by atoms with van der Waals surface area (Å²) < 4.78 is 0. The topological polar surface area (TPSA) is 20.2 Å². The summed E-state index contributed by atoms with van der Waals surface area (Å²) in [5, 5.41) is 10.4. The second-order valence-electron chi connectivity index (χ2n) is 2.55. The van der Waals surface area contributed by atoms with Gasteiger partial charge in [-0.1, -0.05) is 17.2 Å². The molecule has 2 heteroatoms. The average Bonchev–Trinajstić information content (AvgIpc) is 1.99. The van der Waals surface area contributed by atoms with Crippen molar-refractivity contribution in [3.05, 3.63) is 23.3 Å². The van der Waals surface area contributed by atoms with E-state index in [0.717, 1.165) is 21.4 Å². The van der Waals surface area contributed by atoms with Crippen LogP contribution in [0.5, 0.6) is 5.75 Å². The first-order valence-electron chi connectivity index (χ1n) is 3.42. The predicted octanol–water partition coefficient (Wildman–Crippen LogP) is -0.327. The molecule has 0 amide bonds. The number of phenols is 1. The Kier molecular flexibility index (Phi) is 2.02. The third-order valence-electron chi connectivity index (χ3n) is 1.79. The van der Waals surface area contributed by atoms with Crippen molar-refractivity contribution >= 4 is 15.4 Å². The number of rotatable bonds is 0. The van der Waals surface area contributed by atoms with Gasteiger partial charge in [-0.2, -0.15) is 0 Å². The van der Waals surface area contributed by atoms with E-state index in [2.05, 4.69) is 5.92 Å². The number of hydrogen-bond acceptors (Lipinski definition) is 1. The fourth-order valence-corrected chi connectivity index (χ4v) is 1.74. The first kappa shape index (κ1) is 7.90. The van der Waals surface area contributed by atoms with E-state index >= 15 is 0 Å². The summed E-state index contributed by atoms with van der Waals surface area (Å²) in [7, 11) is 0.928. The van der Waals surface area contributed by atoms with Gasteiger partial charge in [-0.3, -0.25) is 0 Å². The molecule has 0 aliphatic carbocycles. The van der Waals surface area contributed by atoms with E-state index in [4.69, 9.17) is 6.42 Å². The lowest BCUT2D eigenvalue weighted by Crippen LogP contribution is -2.08. The van der Waals surface area contributed by atoms with Crippen molar-refractivity contribution in [2.75, 3.05) is 0 Å². The van der Waals surface area contributed by atoms with Crippen LogP contribution in [0.3, 0.4) is 0 Å². The smallest absolute Gasteiger partial charge is 0.119 e. The molecular weight excluding hydrogens is 152 g/mol. The fourth-order valence-electron chi connectivity index (χ4n) is 1.06. The van der Waals surface area contributed by atoms with E-state index in [9.17, 15) is 5.11 Å². The van der Waals surface area contributed by atoms with Gasteiger partial charge >= 0.3 is 0 Å². The second-order valence-corrected chi connectivity index (χ2v) is 3.62. The van der Waals surface area contributed by atoms with Crippen LogP contribution >= 0.6 is 0 Å². The Labute approximate surface area is 69.5 Å². The van der Waals surface area contributed by atoms with Gasteiger partial charge in [0.2, 0.25) is 0 Å². The van der Waals surface area contributed by atoms with Crippen LogP contribution in [0.15, 0.2) is 12.1 Å². The molecule has 1 N–H and O–H groups in total. The second kappa shape index (κ2) is 2.81. The molecule has 1 nitrogen and oxygen atoms in total. The highest BCUT2D eigenvalue weighted by Gasteiger charge is 2.02. The highest BCUT2D eigenvalue weighted by atomic mass is 28.1. The van der Waals surface area contributed by atoms with Gasteiger partial charge in [0.1, 0.15) is 5.75 Å². The molecule has 0 aromatic heterocycles. The number of benzene rings is 1. The highest BCUT2D eigenvalue weighted by molar-refractivity contribution is 6.34. The maximum atomic E-state index is 9.28. The minimum absolute atomic E-state index is 0.289. The summed E-state index contributed by atoms with van der Waals surface area (Å²) in [6.45, 7) is 1.84. The van der Waals surface area contributed by atoms with Crippen LogP contribution in [0.4, 0.5) is 0 Å². The Morgan fingerprint density at radius 3 is 2.64 bits per heavy atom. The van der Waals surface area contributed by atoms with Gasteiger partial charge in [-0.05, 0) is 13.0 Å². The van der Waals surface area contributed by atoms with Crippen molar-refractivity contribution in [1.29, 1.82) is 0 Å². The lowest BCUT2D eigenvalue weighted by atomic mass is 10.1. The Morgan fingerprint density at radius 1 is 1.55 bits per heavy atom. The van der Waals surface area contributed by atoms with E-state index in [1.54, 1.807) is 6.07 Å². The third-order valence-corrected chi connectivity index (χ3v) is 2.62. The number of aromatic hydroxyl groups is 1. The van der Waals surface area contributed by atoms with Crippen LogP contribution in [0, 0.1) is 19.3 Å². The van der Waals surface area contributed by atoms with Crippen molar-refractivity contribution in [2.45, 2.75) is 6.92 Å². The minimum Gasteiger partial charge on any atom is -0.508 e. The van der Waals surface area contributed by atoms with Gasteiger partial charge in [0.15, 0.2) is 0 Å². The summed E-state index contributed by atoms with van der Waals surface area (Å²) in [6.07, 6.45) is 5.28. The fraction of sp³-hybridized carbons (Fsp3) is 0.111. The molecule has 1 aromatic rings. The SMILES string of the molecule is C#Cc1c([SiH3])ccc(O)c1C. The maximum absolute atomic E-state index is 9.28. The molecule has 0 fully saturated rings. The molecule has 1 rings (SSSR count). The van der Waals surface area contributed by atoms with Crippen LogP contribution in [0.25, 0.3) is 0 Å². The number of hydrogen-bond donors (Lipinski definition) is 1. The molecule has 0 aliphatic rings. The summed E-state index contributed by atoms with van der Waals surface area (Å²) >= 11 is 0. The Morgan fingerprint density at radius 2 is 2.18 bits per heavy atom. The zero-order chi connectivity index (χ0) is 8.43. The Balaban J connectivity index is 3.44. The Bertz CT molecular complexity index is 323. The van der Waals surface area contributed by atoms with Crippen molar-refractivity contribution < 1.29 is 5.11 Å². The maximum Gasteiger partial charge on any atom is 0.119 e. The van der Waals surface area contributed by atoms with Crippen molar-refractivity contribution in [2.24, 2.45) is 0 Å². The molecule has 11 heavy (non-hydrogen) atoms. The molecule has 0 saturated carbocycles. The normalized spacial score (nSPS) is 9.45. The molecule has 0 atom stereocenters. The van der Waals surface area contributed by atoms with Crippen molar-refractivity contribution in [3.8, 4) is 18.1 Å². The zero-order valence-corrected chi connectivity index (χ0v) is 8.68. The molecular formula is C9H10OSi. The zero-order valence-electron chi connectivity index (χ0n) is 6.68. The van der Waals surface area contributed by atoms with E-state index in [1.165, 1.54) is 5.19 Å². The largest absolute Gasteiger partial charge is 0.508 e. The first-order chi connectivity index (χ1) is 5.16. The Hall–Kier alpha value is -1.20. The monoisotopic (exact) mass is 162 g/mol. The molecule has 56 valence electrons. The van der Waals surface area contributed by atoms with Crippen molar-refractivity contribution in [3.63, 3.8) is 0 Å². The molecule has 0 heterocycles. The van der Waals surface area contributed by atoms with Gasteiger partial charge in [0, 0.05) is 21.4 Å². The van der Waals surface area contributed by atoms with E-state index in [0.29, 0.717) is 0 Å². The number of phenolic OH excluding ortho intramolecular Hbond substituents is 1. The van der Waals surface area contributed by atoms with E-state index in [-0.39, 0.29) is 5.75 Å². The highest BCUT2D eigenvalue weighted by Crippen LogP contribution is 2.16. The molecule has 0 aliphatic heterocycles. The summed E-state index contributed by atoms with van der Waals surface area (Å²) in [5.74, 6) is 2.87. The van der Waals surface area contributed by atoms with Crippen LogP contribution < -0.4 is 5.19 Å². The summed E-state index contributed by atoms with van der Waals surface area (Å²) in [4.78, 5) is 0.